The van der Waals surface area contributed by atoms with Crippen LogP contribution in [0, 0.1) is 0 Å². The van der Waals surface area contributed by atoms with Crippen LogP contribution in [0.5, 0.6) is 0 Å². The first-order chi connectivity index (χ1) is 12.0. The smallest absolute Gasteiger partial charge is 0.230 e. The van der Waals surface area contributed by atoms with Gasteiger partial charge >= 0.3 is 0 Å². The van der Waals surface area contributed by atoms with Crippen molar-refractivity contribution in [3.63, 3.8) is 0 Å². The molecule has 2 nitrogen and oxygen atoms in total. The van der Waals surface area contributed by atoms with Gasteiger partial charge in [-0.1, -0.05) is 98.8 Å². The quantitative estimate of drug-likeness (QED) is 0.611. The van der Waals surface area contributed by atoms with Crippen LogP contribution in [0.15, 0.2) is 84.9 Å². The minimum Gasteiger partial charge on any atom is -0.305 e. The van der Waals surface area contributed by atoms with Crippen LogP contribution in [-0.4, -0.2) is 5.52 Å². The van der Waals surface area contributed by atoms with E-state index in [2.05, 4.69) is 13.8 Å². The fourth-order valence-corrected chi connectivity index (χ4v) is 5.32. The first-order valence-electron chi connectivity index (χ1n) is 8.39. The summed E-state index contributed by atoms with van der Waals surface area (Å²) < 4.78 is 14.0. The zero-order valence-corrected chi connectivity index (χ0v) is 15.3. The van der Waals surface area contributed by atoms with E-state index in [-0.39, 0.29) is 5.52 Å². The third-order valence-electron chi connectivity index (χ3n) is 4.35. The summed E-state index contributed by atoms with van der Waals surface area (Å²) in [6.07, 6.45) is 0. The zero-order valence-electron chi connectivity index (χ0n) is 14.4. The second kappa shape index (κ2) is 7.21. The summed E-state index contributed by atoms with van der Waals surface area (Å²) in [6.45, 7) is 4.21. The lowest BCUT2D eigenvalue weighted by molar-refractivity contribution is 0.107. The highest BCUT2D eigenvalue weighted by Gasteiger charge is 2.36. The SMILES string of the molecule is CC(C)c1ccc(C(=O)P(=O)(c2ccccc2)c2ccccc2)cc1. The number of carbonyl (C=O) groups is 1. The maximum atomic E-state index is 14.0. The standard InChI is InChI=1S/C22H21O2P/c1-17(2)18-13-15-19(16-14-18)22(23)25(24,20-9-5-3-6-10-20)21-11-7-4-8-12-21/h3-17H,1-2H3. The average Bonchev–Trinajstić information content (AvgIpc) is 2.68. The van der Waals surface area contributed by atoms with Gasteiger partial charge < -0.3 is 4.57 Å². The monoisotopic (exact) mass is 348 g/mol. The fourth-order valence-electron chi connectivity index (χ4n) is 2.85. The van der Waals surface area contributed by atoms with E-state index in [9.17, 15) is 9.36 Å². The van der Waals surface area contributed by atoms with Gasteiger partial charge in [0.2, 0.25) is 12.7 Å². The summed E-state index contributed by atoms with van der Waals surface area (Å²) in [7, 11) is -3.41. The third kappa shape index (κ3) is 3.36. The van der Waals surface area contributed by atoms with Crippen LogP contribution in [-0.2, 0) is 4.57 Å². The molecular formula is C22H21O2P. The van der Waals surface area contributed by atoms with Crippen LogP contribution in [0.3, 0.4) is 0 Å². The maximum absolute atomic E-state index is 14.0. The molecular weight excluding hydrogens is 327 g/mol. The Morgan fingerprint density at radius 1 is 0.720 bits per heavy atom. The minimum absolute atomic E-state index is 0.319. The van der Waals surface area contributed by atoms with E-state index in [4.69, 9.17) is 0 Å². The Hall–Kier alpha value is -2.44. The van der Waals surface area contributed by atoms with Crippen molar-refractivity contribution < 1.29 is 9.36 Å². The van der Waals surface area contributed by atoms with E-state index in [0.29, 0.717) is 22.1 Å². The van der Waals surface area contributed by atoms with Gasteiger partial charge in [0.15, 0.2) is 0 Å². The van der Waals surface area contributed by atoms with Crippen LogP contribution in [0.1, 0.15) is 35.7 Å². The molecule has 0 saturated carbocycles. The van der Waals surface area contributed by atoms with Gasteiger partial charge in [-0.2, -0.15) is 0 Å². The Bertz CT molecular complexity index is 854. The molecule has 25 heavy (non-hydrogen) atoms. The van der Waals surface area contributed by atoms with Crippen molar-refractivity contribution in [1.82, 2.24) is 0 Å². The fraction of sp³-hybridized carbons (Fsp3) is 0.136. The molecule has 0 amide bonds. The number of hydrogen-bond donors (Lipinski definition) is 0. The molecule has 0 aliphatic rings. The van der Waals surface area contributed by atoms with E-state index >= 15 is 0 Å². The molecule has 0 aromatic heterocycles. The molecule has 0 radical (unpaired) electrons. The van der Waals surface area contributed by atoms with E-state index in [1.165, 1.54) is 0 Å². The van der Waals surface area contributed by atoms with Crippen LogP contribution in [0.2, 0.25) is 0 Å². The molecule has 3 heteroatoms. The molecule has 0 saturated heterocycles. The lowest BCUT2D eigenvalue weighted by Gasteiger charge is -2.18. The Kier molecular flexibility index (Phi) is 5.01. The van der Waals surface area contributed by atoms with Crippen molar-refractivity contribution >= 4 is 23.3 Å². The molecule has 3 aromatic carbocycles. The maximum Gasteiger partial charge on any atom is 0.230 e. The molecule has 0 unspecified atom stereocenters. The first kappa shape index (κ1) is 17.4. The van der Waals surface area contributed by atoms with Gasteiger partial charge in [-0.3, -0.25) is 4.79 Å². The van der Waals surface area contributed by atoms with E-state index in [1.807, 2.05) is 48.5 Å². The number of benzene rings is 3. The predicted molar refractivity (Wildman–Crippen MR) is 105 cm³/mol. The van der Waals surface area contributed by atoms with Crippen molar-refractivity contribution in [2.45, 2.75) is 19.8 Å². The lowest BCUT2D eigenvalue weighted by atomic mass is 10.0. The Morgan fingerprint density at radius 2 is 1.16 bits per heavy atom. The summed E-state index contributed by atoms with van der Waals surface area (Å²) in [5, 5.41) is 1.14. The van der Waals surface area contributed by atoms with Crippen molar-refractivity contribution in [2.24, 2.45) is 0 Å². The molecule has 0 heterocycles. The number of rotatable bonds is 5. The van der Waals surface area contributed by atoms with Crippen molar-refractivity contribution in [1.29, 1.82) is 0 Å². The highest BCUT2D eigenvalue weighted by Crippen LogP contribution is 2.46. The third-order valence-corrected chi connectivity index (χ3v) is 7.23. The van der Waals surface area contributed by atoms with Crippen molar-refractivity contribution in [2.75, 3.05) is 0 Å². The second-order valence-corrected chi connectivity index (χ2v) is 9.02. The van der Waals surface area contributed by atoms with Crippen molar-refractivity contribution in [3.8, 4) is 0 Å². The molecule has 0 bridgehead atoms. The van der Waals surface area contributed by atoms with Crippen LogP contribution >= 0.6 is 7.14 Å². The minimum atomic E-state index is -3.41. The van der Waals surface area contributed by atoms with Crippen LogP contribution in [0.25, 0.3) is 0 Å². The lowest BCUT2D eigenvalue weighted by Crippen LogP contribution is -2.22. The predicted octanol–water partition coefficient (Wildman–Crippen LogP) is 4.96. The molecule has 0 aliphatic heterocycles. The van der Waals surface area contributed by atoms with Gasteiger partial charge in [-0.25, -0.2) is 0 Å². The van der Waals surface area contributed by atoms with Gasteiger partial charge in [-0.15, -0.1) is 0 Å². The topological polar surface area (TPSA) is 34.1 Å². The summed E-state index contributed by atoms with van der Waals surface area (Å²) in [4.78, 5) is 13.3. The molecule has 0 spiro atoms. The number of carbonyl (C=O) groups excluding carboxylic acids is 1. The summed E-state index contributed by atoms with van der Waals surface area (Å²) in [5.74, 6) is 0.388. The Balaban J connectivity index is 2.12. The average molecular weight is 348 g/mol. The van der Waals surface area contributed by atoms with Gasteiger partial charge in [0, 0.05) is 16.2 Å². The van der Waals surface area contributed by atoms with Gasteiger partial charge in [0.05, 0.1) is 0 Å². The van der Waals surface area contributed by atoms with Gasteiger partial charge in [-0.05, 0) is 11.5 Å². The van der Waals surface area contributed by atoms with E-state index in [0.717, 1.165) is 5.56 Å². The zero-order chi connectivity index (χ0) is 17.9. The summed E-state index contributed by atoms with van der Waals surface area (Å²) in [5.41, 5.74) is 1.33. The first-order valence-corrected chi connectivity index (χ1v) is 10.1. The van der Waals surface area contributed by atoms with E-state index in [1.54, 1.807) is 36.4 Å². The van der Waals surface area contributed by atoms with Gasteiger partial charge in [0.25, 0.3) is 0 Å². The Morgan fingerprint density at radius 3 is 1.56 bits per heavy atom. The summed E-state index contributed by atoms with van der Waals surface area (Å²) >= 11 is 0. The van der Waals surface area contributed by atoms with Crippen LogP contribution < -0.4 is 10.6 Å². The summed E-state index contributed by atoms with van der Waals surface area (Å²) in [6, 6.07) is 25.6. The second-order valence-electron chi connectivity index (χ2n) is 6.36. The Labute approximate surface area is 148 Å². The molecule has 0 aliphatic carbocycles. The highest BCUT2D eigenvalue weighted by atomic mass is 31.2. The molecule has 0 N–H and O–H groups in total. The van der Waals surface area contributed by atoms with Crippen LogP contribution in [0.4, 0.5) is 0 Å². The van der Waals surface area contributed by atoms with E-state index < -0.39 is 7.14 Å². The molecule has 126 valence electrons. The molecule has 0 fully saturated rings. The molecule has 0 atom stereocenters. The highest BCUT2D eigenvalue weighted by molar-refractivity contribution is 7.93. The van der Waals surface area contributed by atoms with Crippen molar-refractivity contribution in [3.05, 3.63) is 96.1 Å². The molecule has 3 aromatic rings. The van der Waals surface area contributed by atoms with Gasteiger partial charge in [0.1, 0.15) is 0 Å². The largest absolute Gasteiger partial charge is 0.305 e. The normalized spacial score (nSPS) is 11.5. The number of hydrogen-bond acceptors (Lipinski definition) is 2. The molecule has 3 rings (SSSR count).